The molecule has 0 radical (unpaired) electrons. The minimum Gasteiger partial charge on any atom is -0.453 e. The monoisotopic (exact) mass is 201 g/mol. The number of methoxy groups -OCH3 is 1. The number of nitrogens with one attached hydrogen (secondary N) is 1. The summed E-state index contributed by atoms with van der Waals surface area (Å²) >= 11 is 0. The van der Waals surface area contributed by atoms with Crippen LogP contribution in [0.1, 0.15) is 5.56 Å². The Morgan fingerprint density at radius 2 is 2.00 bits per heavy atom. The first-order chi connectivity index (χ1) is 6.54. The average molecular weight is 201 g/mol. The van der Waals surface area contributed by atoms with Crippen LogP contribution in [0.2, 0.25) is 0 Å². The van der Waals surface area contributed by atoms with E-state index in [2.05, 4.69) is 10.1 Å². The Morgan fingerprint density at radius 1 is 1.36 bits per heavy atom. The molecule has 1 N–H and O–H groups in total. The maximum absolute atomic E-state index is 13.1. The fourth-order valence-electron chi connectivity index (χ4n) is 0.903. The van der Waals surface area contributed by atoms with E-state index in [1.165, 1.54) is 6.92 Å². The summed E-state index contributed by atoms with van der Waals surface area (Å²) in [4.78, 5) is 10.7. The third-order valence-electron chi connectivity index (χ3n) is 1.67. The summed E-state index contributed by atoms with van der Waals surface area (Å²) in [6, 6.07) is 1.90. The Kier molecular flexibility index (Phi) is 3.01. The standard InChI is InChI=1S/C9H9F2NO2/c1-5-3-7(11)8(4-6(5)10)12-9(13)14-2/h3-4H,1-2H3,(H,12,13). The van der Waals surface area contributed by atoms with E-state index in [0.717, 1.165) is 19.2 Å². The van der Waals surface area contributed by atoms with Crippen molar-refractivity contribution >= 4 is 11.8 Å². The number of anilines is 1. The Balaban J connectivity index is 2.98. The Hall–Kier alpha value is -1.65. The molecule has 0 fully saturated rings. The Morgan fingerprint density at radius 3 is 2.57 bits per heavy atom. The van der Waals surface area contributed by atoms with E-state index >= 15 is 0 Å². The van der Waals surface area contributed by atoms with Gasteiger partial charge in [0.05, 0.1) is 12.8 Å². The van der Waals surface area contributed by atoms with Crippen LogP contribution < -0.4 is 5.32 Å². The van der Waals surface area contributed by atoms with Crippen LogP contribution in [0.4, 0.5) is 19.3 Å². The van der Waals surface area contributed by atoms with Gasteiger partial charge in [-0.25, -0.2) is 13.6 Å². The number of halogens is 2. The number of aryl methyl sites for hydroxylation is 1. The maximum Gasteiger partial charge on any atom is 0.411 e. The predicted molar refractivity (Wildman–Crippen MR) is 47.1 cm³/mol. The second-order valence-electron chi connectivity index (χ2n) is 2.70. The first-order valence-corrected chi connectivity index (χ1v) is 3.85. The zero-order valence-electron chi connectivity index (χ0n) is 7.73. The van der Waals surface area contributed by atoms with Gasteiger partial charge in [-0.05, 0) is 18.6 Å². The smallest absolute Gasteiger partial charge is 0.411 e. The molecule has 0 aromatic heterocycles. The summed E-state index contributed by atoms with van der Waals surface area (Å²) in [5, 5.41) is 2.05. The van der Waals surface area contributed by atoms with E-state index in [1.54, 1.807) is 0 Å². The molecule has 3 nitrogen and oxygen atoms in total. The highest BCUT2D eigenvalue weighted by Gasteiger charge is 2.09. The minimum atomic E-state index is -0.841. The Bertz CT molecular complexity index is 366. The van der Waals surface area contributed by atoms with Crippen molar-refractivity contribution in [3.05, 3.63) is 29.3 Å². The molecule has 0 unspecified atom stereocenters. The van der Waals surface area contributed by atoms with Gasteiger partial charge in [-0.2, -0.15) is 0 Å². The summed E-state index contributed by atoms with van der Waals surface area (Å²) in [7, 11) is 1.14. The van der Waals surface area contributed by atoms with Gasteiger partial charge < -0.3 is 4.74 Å². The van der Waals surface area contributed by atoms with Crippen LogP contribution in [0.25, 0.3) is 0 Å². The molecule has 14 heavy (non-hydrogen) atoms. The molecular formula is C9H9F2NO2. The second-order valence-corrected chi connectivity index (χ2v) is 2.70. The van der Waals surface area contributed by atoms with Gasteiger partial charge in [-0.15, -0.1) is 0 Å². The van der Waals surface area contributed by atoms with Gasteiger partial charge >= 0.3 is 6.09 Å². The number of benzene rings is 1. The lowest BCUT2D eigenvalue weighted by Crippen LogP contribution is -2.12. The van der Waals surface area contributed by atoms with Crippen LogP contribution in [0.15, 0.2) is 12.1 Å². The van der Waals surface area contributed by atoms with Crippen molar-refractivity contribution in [3.8, 4) is 0 Å². The number of amides is 1. The summed E-state index contributed by atoms with van der Waals surface area (Å²) in [5.74, 6) is -1.29. The third-order valence-corrected chi connectivity index (χ3v) is 1.67. The lowest BCUT2D eigenvalue weighted by atomic mass is 10.2. The van der Waals surface area contributed by atoms with E-state index in [4.69, 9.17) is 0 Å². The normalized spacial score (nSPS) is 9.71. The van der Waals surface area contributed by atoms with Gasteiger partial charge in [0, 0.05) is 6.07 Å². The minimum absolute atomic E-state index is 0.179. The molecule has 0 bridgehead atoms. The van der Waals surface area contributed by atoms with Crippen molar-refractivity contribution in [3.63, 3.8) is 0 Å². The van der Waals surface area contributed by atoms with Crippen molar-refractivity contribution in [2.45, 2.75) is 6.92 Å². The molecule has 5 heteroatoms. The van der Waals surface area contributed by atoms with Crippen molar-refractivity contribution in [2.75, 3.05) is 12.4 Å². The highest BCUT2D eigenvalue weighted by atomic mass is 19.1. The molecule has 0 aliphatic rings. The summed E-state index contributed by atoms with van der Waals surface area (Å²) in [5.41, 5.74) is -0.0575. The first kappa shape index (κ1) is 10.4. The van der Waals surface area contributed by atoms with Crippen LogP contribution >= 0.6 is 0 Å². The topological polar surface area (TPSA) is 38.3 Å². The van der Waals surface area contributed by atoms with Crippen LogP contribution in [0.3, 0.4) is 0 Å². The van der Waals surface area contributed by atoms with Crippen LogP contribution in [-0.2, 0) is 4.74 Å². The maximum atomic E-state index is 13.1. The number of ether oxygens (including phenoxy) is 1. The molecule has 0 aliphatic heterocycles. The third kappa shape index (κ3) is 2.18. The van der Waals surface area contributed by atoms with E-state index in [9.17, 15) is 13.6 Å². The first-order valence-electron chi connectivity index (χ1n) is 3.85. The van der Waals surface area contributed by atoms with Crippen molar-refractivity contribution < 1.29 is 18.3 Å². The van der Waals surface area contributed by atoms with Crippen molar-refractivity contribution in [1.82, 2.24) is 0 Å². The molecule has 1 rings (SSSR count). The fourth-order valence-corrected chi connectivity index (χ4v) is 0.903. The number of rotatable bonds is 1. The summed E-state index contributed by atoms with van der Waals surface area (Å²) in [6.07, 6.45) is -0.841. The van der Waals surface area contributed by atoms with Crippen LogP contribution in [0, 0.1) is 18.6 Å². The van der Waals surface area contributed by atoms with Crippen molar-refractivity contribution in [1.29, 1.82) is 0 Å². The number of hydrogen-bond donors (Lipinski definition) is 1. The number of hydrogen-bond acceptors (Lipinski definition) is 2. The average Bonchev–Trinajstić information content (AvgIpc) is 2.14. The second kappa shape index (κ2) is 4.04. The molecule has 0 aliphatic carbocycles. The molecule has 0 saturated carbocycles. The SMILES string of the molecule is COC(=O)Nc1cc(F)c(C)cc1F. The van der Waals surface area contributed by atoms with Crippen molar-refractivity contribution in [2.24, 2.45) is 0 Å². The van der Waals surface area contributed by atoms with Gasteiger partial charge in [0.25, 0.3) is 0 Å². The largest absolute Gasteiger partial charge is 0.453 e. The van der Waals surface area contributed by atoms with Gasteiger partial charge in [0.2, 0.25) is 0 Å². The van der Waals surface area contributed by atoms with Gasteiger partial charge in [0.15, 0.2) is 0 Å². The fraction of sp³-hybridized carbons (Fsp3) is 0.222. The van der Waals surface area contributed by atoms with Gasteiger partial charge in [0.1, 0.15) is 11.6 Å². The summed E-state index contributed by atoms with van der Waals surface area (Å²) < 4.78 is 30.3. The number of carbonyl (C=O) groups is 1. The lowest BCUT2D eigenvalue weighted by molar-refractivity contribution is 0.187. The lowest BCUT2D eigenvalue weighted by Gasteiger charge is -2.06. The van der Waals surface area contributed by atoms with E-state index in [0.29, 0.717) is 0 Å². The number of carbonyl (C=O) groups excluding carboxylic acids is 1. The highest BCUT2D eigenvalue weighted by Crippen LogP contribution is 2.18. The van der Waals surface area contributed by atoms with E-state index < -0.39 is 17.7 Å². The molecule has 0 heterocycles. The zero-order valence-corrected chi connectivity index (χ0v) is 7.73. The molecule has 0 atom stereocenters. The molecular weight excluding hydrogens is 192 g/mol. The van der Waals surface area contributed by atoms with E-state index in [-0.39, 0.29) is 11.3 Å². The summed E-state index contributed by atoms with van der Waals surface area (Å²) in [6.45, 7) is 1.43. The van der Waals surface area contributed by atoms with Gasteiger partial charge in [-0.1, -0.05) is 0 Å². The molecule has 1 amide bonds. The molecule has 0 spiro atoms. The molecule has 1 aromatic rings. The molecule has 1 aromatic carbocycles. The van der Waals surface area contributed by atoms with Gasteiger partial charge in [-0.3, -0.25) is 5.32 Å². The highest BCUT2D eigenvalue weighted by molar-refractivity contribution is 5.84. The Labute approximate surface area is 79.7 Å². The predicted octanol–water partition coefficient (Wildman–Crippen LogP) is 2.45. The quantitative estimate of drug-likeness (QED) is 0.757. The van der Waals surface area contributed by atoms with Crippen LogP contribution in [0.5, 0.6) is 0 Å². The molecule has 0 saturated heterocycles. The van der Waals surface area contributed by atoms with Crippen LogP contribution in [-0.4, -0.2) is 13.2 Å². The molecule has 76 valence electrons. The zero-order chi connectivity index (χ0) is 10.7. The van der Waals surface area contributed by atoms with E-state index in [1.807, 2.05) is 0 Å².